The van der Waals surface area contributed by atoms with Crippen molar-refractivity contribution in [3.8, 4) is 0 Å². The van der Waals surface area contributed by atoms with Gasteiger partial charge >= 0.3 is 18.0 Å². The molecule has 1 amide bonds. The minimum absolute atomic E-state index is 0.0892. The topological polar surface area (TPSA) is 82.1 Å². The third-order valence-electron chi connectivity index (χ3n) is 4.28. The molecule has 0 aliphatic rings. The predicted octanol–water partition coefficient (Wildman–Crippen LogP) is 4.19. The lowest BCUT2D eigenvalue weighted by molar-refractivity contribution is -0.175. The van der Waals surface area contributed by atoms with Crippen LogP contribution in [-0.4, -0.2) is 47.7 Å². The van der Waals surface area contributed by atoms with Gasteiger partial charge in [-0.2, -0.15) is 0 Å². The second kappa shape index (κ2) is 11.0. The van der Waals surface area contributed by atoms with Gasteiger partial charge in [-0.05, 0) is 32.3 Å². The van der Waals surface area contributed by atoms with Crippen molar-refractivity contribution in [2.24, 2.45) is 11.8 Å². The third kappa shape index (κ3) is 8.05. The van der Waals surface area contributed by atoms with Gasteiger partial charge in [-0.25, -0.2) is 14.4 Å². The lowest BCUT2D eigenvalue weighted by Gasteiger charge is -2.32. The molecule has 0 aromatic heterocycles. The first-order chi connectivity index (χ1) is 13.8. The average molecular weight is 422 g/mol. The summed E-state index contributed by atoms with van der Waals surface area (Å²) in [4.78, 5) is 39.1. The number of esters is 2. The van der Waals surface area contributed by atoms with Crippen LogP contribution in [0.4, 0.5) is 4.79 Å². The third-order valence-corrected chi connectivity index (χ3v) is 4.28. The van der Waals surface area contributed by atoms with E-state index in [1.165, 1.54) is 11.9 Å². The zero-order valence-electron chi connectivity index (χ0n) is 19.3. The molecule has 0 radical (unpaired) electrons. The molecule has 0 saturated carbocycles. The molecule has 0 saturated heterocycles. The lowest BCUT2D eigenvalue weighted by Crippen LogP contribution is -2.50. The molecule has 0 N–H and O–H groups in total. The summed E-state index contributed by atoms with van der Waals surface area (Å²) in [5, 5.41) is 0. The van der Waals surface area contributed by atoms with Crippen molar-refractivity contribution in [2.75, 3.05) is 7.05 Å². The summed E-state index contributed by atoms with van der Waals surface area (Å²) in [6.45, 7) is 12.5. The van der Waals surface area contributed by atoms with Gasteiger partial charge in [-0.3, -0.25) is 4.90 Å². The van der Waals surface area contributed by atoms with Crippen molar-refractivity contribution in [1.82, 2.24) is 4.90 Å². The fourth-order valence-electron chi connectivity index (χ4n) is 2.79. The molecule has 1 aromatic rings. The van der Waals surface area contributed by atoms with Crippen LogP contribution in [0.5, 0.6) is 0 Å². The number of hydrogen-bond donors (Lipinski definition) is 0. The van der Waals surface area contributed by atoms with Gasteiger partial charge in [-0.1, -0.05) is 58.0 Å². The zero-order chi connectivity index (χ0) is 23.1. The Hall–Kier alpha value is -2.57. The van der Waals surface area contributed by atoms with Crippen LogP contribution in [-0.2, 0) is 30.4 Å². The number of hydrogen-bond acceptors (Lipinski definition) is 6. The maximum atomic E-state index is 12.9. The van der Waals surface area contributed by atoms with E-state index in [0.717, 1.165) is 5.56 Å². The van der Waals surface area contributed by atoms with Crippen LogP contribution in [0.3, 0.4) is 0 Å². The summed E-state index contributed by atoms with van der Waals surface area (Å²) in [6.07, 6.45) is -1.71. The molecule has 0 spiro atoms. The number of likely N-dealkylation sites (N-methyl/N-ethyl adjacent to an activating group) is 1. The molecule has 0 heterocycles. The fraction of sp³-hybridized carbons (Fsp3) is 0.609. The molecular weight excluding hydrogens is 386 g/mol. The van der Waals surface area contributed by atoms with Crippen LogP contribution >= 0.6 is 0 Å². The van der Waals surface area contributed by atoms with Gasteiger partial charge < -0.3 is 14.2 Å². The van der Waals surface area contributed by atoms with E-state index < -0.39 is 35.8 Å². The first kappa shape index (κ1) is 25.5. The van der Waals surface area contributed by atoms with Crippen molar-refractivity contribution in [3.05, 3.63) is 35.9 Å². The Bertz CT molecular complexity index is 708. The number of rotatable bonds is 8. The Morgan fingerprint density at radius 3 is 1.97 bits per heavy atom. The Morgan fingerprint density at radius 2 is 1.50 bits per heavy atom. The fourth-order valence-corrected chi connectivity index (χ4v) is 2.79. The highest BCUT2D eigenvalue weighted by atomic mass is 16.6. The molecular formula is C23H35NO6. The molecule has 0 unspecified atom stereocenters. The van der Waals surface area contributed by atoms with Crippen LogP contribution in [0.2, 0.25) is 0 Å². The van der Waals surface area contributed by atoms with E-state index in [-0.39, 0.29) is 18.4 Å². The monoisotopic (exact) mass is 421 g/mol. The van der Waals surface area contributed by atoms with Crippen molar-refractivity contribution >= 4 is 18.0 Å². The summed E-state index contributed by atoms with van der Waals surface area (Å²) in [5.41, 5.74) is 0.141. The van der Waals surface area contributed by atoms with Crippen molar-refractivity contribution < 1.29 is 28.6 Å². The molecule has 168 valence electrons. The molecule has 0 fully saturated rings. The second-order valence-corrected chi connectivity index (χ2v) is 8.97. The van der Waals surface area contributed by atoms with Crippen molar-refractivity contribution in [1.29, 1.82) is 0 Å². The lowest BCUT2D eigenvalue weighted by atomic mass is 10.0. The maximum absolute atomic E-state index is 12.9. The number of amides is 1. The number of ether oxygens (including phenoxy) is 3. The summed E-state index contributed by atoms with van der Waals surface area (Å²) < 4.78 is 16.2. The highest BCUT2D eigenvalue weighted by Gasteiger charge is 2.37. The summed E-state index contributed by atoms with van der Waals surface area (Å²) in [5.74, 6) is -1.83. The van der Waals surface area contributed by atoms with E-state index in [2.05, 4.69) is 0 Å². The molecule has 1 rings (SSSR count). The van der Waals surface area contributed by atoms with Crippen LogP contribution in [0.25, 0.3) is 0 Å². The van der Waals surface area contributed by atoms with E-state index in [0.29, 0.717) is 0 Å². The molecule has 1 aromatic carbocycles. The molecule has 7 nitrogen and oxygen atoms in total. The van der Waals surface area contributed by atoms with Gasteiger partial charge in [0.25, 0.3) is 0 Å². The van der Waals surface area contributed by atoms with E-state index in [1.807, 2.05) is 30.3 Å². The normalized spacial score (nSPS) is 13.5. The van der Waals surface area contributed by atoms with Crippen LogP contribution in [0.15, 0.2) is 30.3 Å². The molecule has 0 bridgehead atoms. The van der Waals surface area contributed by atoms with Crippen LogP contribution in [0, 0.1) is 11.8 Å². The second-order valence-electron chi connectivity index (χ2n) is 8.97. The quantitative estimate of drug-likeness (QED) is 0.462. The first-order valence-electron chi connectivity index (χ1n) is 10.2. The van der Waals surface area contributed by atoms with Crippen molar-refractivity contribution in [2.45, 2.75) is 72.8 Å². The zero-order valence-corrected chi connectivity index (χ0v) is 19.3. The Balaban J connectivity index is 2.87. The van der Waals surface area contributed by atoms with Gasteiger partial charge in [0.15, 0.2) is 0 Å². The number of carbonyl (C=O) groups is 3. The summed E-state index contributed by atoms with van der Waals surface area (Å²) in [6, 6.07) is 8.36. The van der Waals surface area contributed by atoms with Crippen LogP contribution < -0.4 is 0 Å². The maximum Gasteiger partial charge on any atom is 0.410 e. The number of nitrogens with zero attached hydrogens (tertiary/aromatic N) is 1. The van der Waals surface area contributed by atoms with Gasteiger partial charge in [0.05, 0.1) is 0 Å². The molecule has 0 aliphatic carbocycles. The largest absolute Gasteiger partial charge is 0.458 e. The van der Waals surface area contributed by atoms with Gasteiger partial charge in [-0.15, -0.1) is 0 Å². The SMILES string of the molecule is CC(C)[C@@H](C(=O)O[C@@H](C(=O)OCc1ccccc1)C(C)C)N(C)C(=O)OC(C)(C)C. The van der Waals surface area contributed by atoms with Gasteiger partial charge in [0, 0.05) is 13.0 Å². The standard InChI is InChI=1S/C23H35NO6/c1-15(2)18(24(8)22(27)30-23(5,6)7)20(25)29-19(16(3)4)21(26)28-14-17-12-10-9-11-13-17/h9-13,15-16,18-19H,14H2,1-8H3/t18-,19+/m0/s1. The molecule has 7 heteroatoms. The minimum atomic E-state index is -1.07. The smallest absolute Gasteiger partial charge is 0.410 e. The minimum Gasteiger partial charge on any atom is -0.458 e. The van der Waals surface area contributed by atoms with E-state index >= 15 is 0 Å². The molecule has 0 aliphatic heterocycles. The Morgan fingerprint density at radius 1 is 0.933 bits per heavy atom. The van der Waals surface area contributed by atoms with E-state index in [4.69, 9.17) is 14.2 Å². The number of benzene rings is 1. The number of carbonyl (C=O) groups excluding carboxylic acids is 3. The molecule has 30 heavy (non-hydrogen) atoms. The van der Waals surface area contributed by atoms with Gasteiger partial charge in [0.2, 0.25) is 6.10 Å². The summed E-state index contributed by atoms with van der Waals surface area (Å²) >= 11 is 0. The van der Waals surface area contributed by atoms with Crippen LogP contribution in [0.1, 0.15) is 54.0 Å². The highest BCUT2D eigenvalue weighted by Crippen LogP contribution is 2.19. The average Bonchev–Trinajstić information content (AvgIpc) is 2.63. The molecule has 2 atom stereocenters. The van der Waals surface area contributed by atoms with Gasteiger partial charge in [0.1, 0.15) is 18.2 Å². The van der Waals surface area contributed by atoms with Crippen molar-refractivity contribution in [3.63, 3.8) is 0 Å². The Kier molecular flexibility index (Phi) is 9.33. The summed E-state index contributed by atoms with van der Waals surface area (Å²) in [7, 11) is 1.48. The Labute approximate surface area is 179 Å². The van der Waals surface area contributed by atoms with E-state index in [1.54, 1.807) is 48.5 Å². The predicted molar refractivity (Wildman–Crippen MR) is 114 cm³/mol. The van der Waals surface area contributed by atoms with E-state index in [9.17, 15) is 14.4 Å². The first-order valence-corrected chi connectivity index (χ1v) is 10.2. The highest BCUT2D eigenvalue weighted by molar-refractivity contribution is 5.85.